The van der Waals surface area contributed by atoms with Gasteiger partial charge in [0.05, 0.1) is 6.10 Å². The summed E-state index contributed by atoms with van der Waals surface area (Å²) in [4.78, 5) is 0. The summed E-state index contributed by atoms with van der Waals surface area (Å²) in [5.74, 6) is 0.512. The molecule has 0 unspecified atom stereocenters. The van der Waals surface area contributed by atoms with Gasteiger partial charge in [-0.15, -0.1) is 0 Å². The van der Waals surface area contributed by atoms with Crippen LogP contribution in [0.25, 0.3) is 0 Å². The molecule has 6 heteroatoms. The number of hydrogen-bond donors (Lipinski definition) is 1. The molecule has 0 spiro atoms. The van der Waals surface area contributed by atoms with E-state index in [1.165, 1.54) is 0 Å². The molecule has 0 aromatic rings. The van der Waals surface area contributed by atoms with E-state index in [2.05, 4.69) is 18.6 Å². The maximum atomic E-state index is 12.0. The van der Waals surface area contributed by atoms with Crippen molar-refractivity contribution in [1.29, 1.82) is 0 Å². The molecule has 1 heterocycles. The van der Waals surface area contributed by atoms with E-state index in [-0.39, 0.29) is 6.10 Å². The Kier molecular flexibility index (Phi) is 6.55. The van der Waals surface area contributed by atoms with E-state index in [1.54, 1.807) is 0 Å². The minimum atomic E-state index is -3.24. The van der Waals surface area contributed by atoms with Crippen LogP contribution in [-0.4, -0.2) is 46.1 Å². The van der Waals surface area contributed by atoms with Gasteiger partial charge in [0.1, 0.15) is 5.25 Å². The highest BCUT2D eigenvalue weighted by Crippen LogP contribution is 2.19. The van der Waals surface area contributed by atoms with Crippen LogP contribution in [-0.2, 0) is 19.5 Å². The molecule has 1 fully saturated rings. The van der Waals surface area contributed by atoms with E-state index in [9.17, 15) is 8.42 Å². The van der Waals surface area contributed by atoms with Gasteiger partial charge in [0.25, 0.3) is 0 Å². The zero-order valence-electron chi connectivity index (χ0n) is 11.5. The van der Waals surface area contributed by atoms with E-state index < -0.39 is 15.3 Å². The number of nitrogens with one attached hydrogen (secondary N) is 1. The average Bonchev–Trinajstić information content (AvgIpc) is 2.70. The first-order valence-electron chi connectivity index (χ1n) is 6.61. The monoisotopic (exact) mass is 279 g/mol. The molecule has 1 rings (SSSR count). The summed E-state index contributed by atoms with van der Waals surface area (Å²) in [6, 6.07) is 0. The number of ether oxygens (including phenoxy) is 2. The minimum absolute atomic E-state index is 0.209. The summed E-state index contributed by atoms with van der Waals surface area (Å²) >= 11 is 0. The lowest BCUT2D eigenvalue weighted by atomic mass is 10.2. The number of rotatable bonds is 8. The third-order valence-electron chi connectivity index (χ3n) is 2.93. The molecular weight excluding hydrogens is 254 g/mol. The smallest absolute Gasteiger partial charge is 0.217 e. The van der Waals surface area contributed by atoms with Gasteiger partial charge in [-0.25, -0.2) is 13.1 Å². The van der Waals surface area contributed by atoms with Crippen LogP contribution in [0.3, 0.4) is 0 Å². The van der Waals surface area contributed by atoms with E-state index in [4.69, 9.17) is 9.47 Å². The zero-order chi connectivity index (χ0) is 13.6. The van der Waals surface area contributed by atoms with Crippen LogP contribution in [0.2, 0.25) is 0 Å². The maximum Gasteiger partial charge on any atom is 0.217 e. The van der Waals surface area contributed by atoms with Gasteiger partial charge in [-0.2, -0.15) is 0 Å². The molecule has 2 atom stereocenters. The number of hydrogen-bond acceptors (Lipinski definition) is 4. The van der Waals surface area contributed by atoms with Crippen molar-refractivity contribution in [3.8, 4) is 0 Å². The van der Waals surface area contributed by atoms with Crippen LogP contribution in [0.15, 0.2) is 0 Å². The van der Waals surface area contributed by atoms with Crippen molar-refractivity contribution in [3.63, 3.8) is 0 Å². The highest BCUT2D eigenvalue weighted by atomic mass is 32.2. The molecule has 0 aliphatic carbocycles. The summed E-state index contributed by atoms with van der Waals surface area (Å²) in [7, 11) is -3.24. The van der Waals surface area contributed by atoms with Crippen molar-refractivity contribution < 1.29 is 17.9 Å². The second kappa shape index (κ2) is 7.43. The molecule has 5 nitrogen and oxygen atoms in total. The van der Waals surface area contributed by atoms with Crippen molar-refractivity contribution in [2.45, 2.75) is 45.0 Å². The first-order valence-corrected chi connectivity index (χ1v) is 8.16. The molecule has 0 aromatic carbocycles. The Labute approximate surface area is 110 Å². The minimum Gasteiger partial charge on any atom is -0.381 e. The summed E-state index contributed by atoms with van der Waals surface area (Å²) in [6.45, 7) is 8.27. The van der Waals surface area contributed by atoms with Crippen molar-refractivity contribution >= 4 is 10.0 Å². The Balaban J connectivity index is 2.18. The molecule has 0 aromatic heterocycles. The van der Waals surface area contributed by atoms with Gasteiger partial charge in [-0.1, -0.05) is 13.8 Å². The normalized spacial score (nSPS) is 24.9. The first-order chi connectivity index (χ1) is 8.43. The van der Waals surface area contributed by atoms with Crippen molar-refractivity contribution in [1.82, 2.24) is 4.72 Å². The SMILES string of the molecule is CC(C)COCCCNS(=O)(=O)[C@H]1CCO[C@H]1C. The first kappa shape index (κ1) is 15.9. The Bertz CT molecular complexity index is 329. The third-order valence-corrected chi connectivity index (χ3v) is 4.95. The highest BCUT2D eigenvalue weighted by molar-refractivity contribution is 7.90. The van der Waals surface area contributed by atoms with Crippen LogP contribution in [0.4, 0.5) is 0 Å². The van der Waals surface area contributed by atoms with E-state index in [1.807, 2.05) is 6.92 Å². The Hall–Kier alpha value is -0.170. The predicted molar refractivity (Wildman–Crippen MR) is 71.0 cm³/mol. The second-order valence-electron chi connectivity index (χ2n) is 5.16. The fourth-order valence-corrected chi connectivity index (χ4v) is 3.57. The number of sulfonamides is 1. The van der Waals surface area contributed by atoms with Gasteiger partial charge in [-0.05, 0) is 25.7 Å². The summed E-state index contributed by atoms with van der Waals surface area (Å²) in [5, 5.41) is -0.408. The fraction of sp³-hybridized carbons (Fsp3) is 1.00. The van der Waals surface area contributed by atoms with Gasteiger partial charge in [0, 0.05) is 26.4 Å². The van der Waals surface area contributed by atoms with Crippen LogP contribution >= 0.6 is 0 Å². The second-order valence-corrected chi connectivity index (χ2v) is 7.15. The topological polar surface area (TPSA) is 64.6 Å². The molecule has 18 heavy (non-hydrogen) atoms. The van der Waals surface area contributed by atoms with Gasteiger partial charge in [0.2, 0.25) is 10.0 Å². The largest absolute Gasteiger partial charge is 0.381 e. The quantitative estimate of drug-likeness (QED) is 0.677. The van der Waals surface area contributed by atoms with E-state index in [0.717, 1.165) is 6.61 Å². The fourth-order valence-electron chi connectivity index (χ4n) is 1.93. The summed E-state index contributed by atoms with van der Waals surface area (Å²) in [5.41, 5.74) is 0. The lowest BCUT2D eigenvalue weighted by Gasteiger charge is -2.15. The molecule has 1 N–H and O–H groups in total. The van der Waals surface area contributed by atoms with Gasteiger partial charge in [0.15, 0.2) is 0 Å². The lowest BCUT2D eigenvalue weighted by molar-refractivity contribution is 0.108. The van der Waals surface area contributed by atoms with Crippen LogP contribution < -0.4 is 4.72 Å². The zero-order valence-corrected chi connectivity index (χ0v) is 12.3. The maximum absolute atomic E-state index is 12.0. The Morgan fingerprint density at radius 3 is 2.72 bits per heavy atom. The highest BCUT2D eigenvalue weighted by Gasteiger charge is 2.35. The van der Waals surface area contributed by atoms with Gasteiger partial charge >= 0.3 is 0 Å². The standard InChI is InChI=1S/C12H25NO4S/c1-10(2)9-16-7-4-6-13-18(14,15)12-5-8-17-11(12)3/h10-13H,4-9H2,1-3H3/t11-,12-/m0/s1. The van der Waals surface area contributed by atoms with Crippen LogP contribution in [0, 0.1) is 5.92 Å². The Morgan fingerprint density at radius 1 is 1.44 bits per heavy atom. The molecule has 1 aliphatic heterocycles. The molecule has 1 saturated heterocycles. The molecule has 0 bridgehead atoms. The van der Waals surface area contributed by atoms with Gasteiger partial charge in [-0.3, -0.25) is 0 Å². The van der Waals surface area contributed by atoms with Crippen molar-refractivity contribution in [2.75, 3.05) is 26.4 Å². The summed E-state index contributed by atoms with van der Waals surface area (Å²) < 4.78 is 37.2. The predicted octanol–water partition coefficient (Wildman–Crippen LogP) is 1.15. The molecule has 0 saturated carbocycles. The molecule has 1 aliphatic rings. The van der Waals surface area contributed by atoms with Crippen molar-refractivity contribution in [3.05, 3.63) is 0 Å². The summed E-state index contributed by atoms with van der Waals surface area (Å²) in [6.07, 6.45) is 1.08. The van der Waals surface area contributed by atoms with Gasteiger partial charge < -0.3 is 9.47 Å². The van der Waals surface area contributed by atoms with E-state index >= 15 is 0 Å². The van der Waals surface area contributed by atoms with Crippen molar-refractivity contribution in [2.24, 2.45) is 5.92 Å². The average molecular weight is 279 g/mol. The van der Waals surface area contributed by atoms with Crippen LogP contribution in [0.5, 0.6) is 0 Å². The molecular formula is C12H25NO4S. The molecule has 108 valence electrons. The lowest BCUT2D eigenvalue weighted by Crippen LogP contribution is -2.38. The van der Waals surface area contributed by atoms with E-state index in [0.29, 0.717) is 38.5 Å². The third kappa shape index (κ3) is 5.22. The van der Waals surface area contributed by atoms with Crippen LogP contribution in [0.1, 0.15) is 33.6 Å². The Morgan fingerprint density at radius 2 is 2.17 bits per heavy atom. The molecule has 0 radical (unpaired) electrons. The molecule has 0 amide bonds.